The molecule has 0 radical (unpaired) electrons. The summed E-state index contributed by atoms with van der Waals surface area (Å²) in [5.41, 5.74) is 3.51. The Morgan fingerprint density at radius 3 is 2.36 bits per heavy atom. The van der Waals surface area contributed by atoms with Crippen LogP contribution < -0.4 is 10.1 Å². The Morgan fingerprint density at radius 2 is 1.70 bits per heavy atom. The third-order valence-electron chi connectivity index (χ3n) is 20.2. The fraction of sp³-hybridized carbons (Fsp3) is 0.759. The van der Waals surface area contributed by atoms with Gasteiger partial charge in [0.15, 0.2) is 0 Å². The number of esters is 1. The highest BCUT2D eigenvalue weighted by molar-refractivity contribution is 7.91. The number of aromatic nitrogens is 1. The van der Waals surface area contributed by atoms with E-state index in [-0.39, 0.29) is 50.9 Å². The molecule has 0 bridgehead atoms. The number of aliphatic hydroxyl groups is 1. The van der Waals surface area contributed by atoms with Crippen molar-refractivity contribution in [3.63, 3.8) is 0 Å². The highest BCUT2D eigenvalue weighted by Gasteiger charge is 2.70. The molecule has 0 aliphatic heterocycles. The molecule has 9 nitrogen and oxygen atoms in total. The van der Waals surface area contributed by atoms with Crippen LogP contribution in [0, 0.1) is 68.0 Å². The number of allylic oxidation sites excluding steroid dienone is 5. The van der Waals surface area contributed by atoms with Gasteiger partial charge in [-0.2, -0.15) is 5.26 Å². The number of pyridine rings is 1. The minimum absolute atomic E-state index is 0.0236. The van der Waals surface area contributed by atoms with E-state index >= 15 is 0 Å². The zero-order chi connectivity index (χ0) is 46.1. The maximum atomic E-state index is 13.6. The molecule has 10 atom stereocenters. The van der Waals surface area contributed by atoms with Gasteiger partial charge in [-0.1, -0.05) is 58.9 Å². The van der Waals surface area contributed by atoms with Crippen LogP contribution >= 0.6 is 0 Å². The second-order valence-corrected chi connectivity index (χ2v) is 25.8. The van der Waals surface area contributed by atoms with E-state index in [9.17, 15) is 23.6 Å². The van der Waals surface area contributed by atoms with Crippen LogP contribution in [0.5, 0.6) is 5.88 Å². The van der Waals surface area contributed by atoms with Gasteiger partial charge >= 0.3 is 5.97 Å². The molecule has 0 amide bonds. The molecule has 352 valence electrons. The molecule has 7 aliphatic carbocycles. The molecule has 0 aromatic carbocycles. The monoisotopic (exact) mass is 898 g/mol. The summed E-state index contributed by atoms with van der Waals surface area (Å²) in [6.45, 7) is 23.0. The fourth-order valence-electron chi connectivity index (χ4n) is 16.6. The Balaban J connectivity index is 1.00. The van der Waals surface area contributed by atoms with Gasteiger partial charge in [-0.3, -0.25) is 4.79 Å². The van der Waals surface area contributed by atoms with Crippen molar-refractivity contribution < 1.29 is 27.8 Å². The van der Waals surface area contributed by atoms with Crippen molar-refractivity contribution in [2.75, 3.05) is 26.0 Å². The van der Waals surface area contributed by atoms with Crippen LogP contribution in [0.25, 0.3) is 0 Å². The zero-order valence-electron chi connectivity index (χ0n) is 40.5. The maximum absolute atomic E-state index is 13.6. The summed E-state index contributed by atoms with van der Waals surface area (Å²) in [5, 5.41) is 25.1. The van der Waals surface area contributed by atoms with Crippen molar-refractivity contribution in [2.45, 2.75) is 174 Å². The number of hydrogen-bond donors (Lipinski definition) is 2. The van der Waals surface area contributed by atoms with Crippen LogP contribution in [0.2, 0.25) is 0 Å². The van der Waals surface area contributed by atoms with E-state index in [2.05, 4.69) is 76.6 Å². The first-order valence-electron chi connectivity index (χ1n) is 25.0. The van der Waals surface area contributed by atoms with E-state index in [1.165, 1.54) is 61.5 Å². The van der Waals surface area contributed by atoms with Crippen molar-refractivity contribution >= 4 is 15.8 Å². The molecule has 8 rings (SSSR count). The normalized spacial score (nSPS) is 41.4. The first-order valence-corrected chi connectivity index (χ1v) is 26.9. The summed E-state index contributed by atoms with van der Waals surface area (Å²) in [4.78, 5) is 17.9. The molecule has 1 heterocycles. The van der Waals surface area contributed by atoms with E-state index in [1.54, 1.807) is 18.3 Å². The van der Waals surface area contributed by atoms with E-state index < -0.39 is 20.9 Å². The van der Waals surface area contributed by atoms with E-state index in [4.69, 9.17) is 9.47 Å². The largest absolute Gasteiger partial charge is 0.475 e. The molecule has 5 saturated carbocycles. The number of nitrogens with zero attached hydrogens (tertiary/aromatic N) is 2. The topological polar surface area (TPSA) is 139 Å². The SMILES string of the molecule is C=C(C)C1CC[C@]2(NCCC3(O)CCC(S(C)(=O)=O)CC3)CC[C@]3(C)[C@H](CC[C@@H]4[C@@]5(C)CC=C(C6=CC[C@](COc7ncccc7C#N)(C(=O)OCC)CC6)C(C)(C)[C@@H]5CC[C@]43C)[C@@H]12. The highest BCUT2D eigenvalue weighted by atomic mass is 32.2. The Kier molecular flexibility index (Phi) is 12.6. The quantitative estimate of drug-likeness (QED) is 0.155. The molecule has 1 unspecified atom stereocenters. The third kappa shape index (κ3) is 7.75. The van der Waals surface area contributed by atoms with Crippen LogP contribution in [-0.4, -0.2) is 66.9 Å². The van der Waals surface area contributed by atoms with Crippen LogP contribution in [0.15, 0.2) is 53.8 Å². The molecule has 2 N–H and O–H groups in total. The first-order chi connectivity index (χ1) is 30.1. The van der Waals surface area contributed by atoms with Gasteiger partial charge in [0.1, 0.15) is 33.5 Å². The molecule has 10 heteroatoms. The number of rotatable bonds is 12. The average molecular weight is 898 g/mol. The van der Waals surface area contributed by atoms with Crippen molar-refractivity contribution in [1.29, 1.82) is 5.26 Å². The number of nitrogens with one attached hydrogen (secondary N) is 1. The maximum Gasteiger partial charge on any atom is 0.315 e. The summed E-state index contributed by atoms with van der Waals surface area (Å²) < 4.78 is 36.3. The number of carbonyl (C=O) groups excluding carboxylic acids is 1. The standard InChI is InChI=1S/C54H79N3O6S/c1-10-62-47(58)52(35-63-46-38(34-55)12-11-32-56-46)24-15-37(16-25-52)41-20-22-49(6)43(48(41,4)5)21-23-51(8)44(49)14-13-42-45-40(36(2)3)19-28-54(45,30-29-50(42,51)7)57-33-31-53(59)26-17-39(18-27-53)64(9,60)61/h11-12,15,20,32,39-40,42-45,57,59H,2,10,13-14,16-19,21-31,33,35H2,1,3-9H3/t39?,40?,42-,43+,44-,45-,49+,50-,51-,52+,53?,54+/m1/s1. The molecule has 0 spiro atoms. The Bertz CT molecular complexity index is 2200. The average Bonchev–Trinajstić information content (AvgIpc) is 3.63. The Labute approximate surface area is 385 Å². The zero-order valence-corrected chi connectivity index (χ0v) is 41.3. The summed E-state index contributed by atoms with van der Waals surface area (Å²) >= 11 is 0. The number of hydrogen-bond acceptors (Lipinski definition) is 9. The third-order valence-corrected chi connectivity index (χ3v) is 21.9. The first kappa shape index (κ1) is 47.5. The van der Waals surface area contributed by atoms with Crippen molar-refractivity contribution in [3.05, 3.63) is 59.3 Å². The van der Waals surface area contributed by atoms with Crippen LogP contribution in [0.4, 0.5) is 0 Å². The Morgan fingerprint density at radius 1 is 0.953 bits per heavy atom. The molecular weight excluding hydrogens is 819 g/mol. The lowest BCUT2D eigenvalue weighted by Crippen LogP contribution is -2.68. The number of nitriles is 1. The van der Waals surface area contributed by atoms with Crippen molar-refractivity contribution in [3.8, 4) is 11.9 Å². The predicted octanol–water partition coefficient (Wildman–Crippen LogP) is 10.6. The van der Waals surface area contributed by atoms with Gasteiger partial charge < -0.3 is 19.9 Å². The van der Waals surface area contributed by atoms with E-state index in [0.29, 0.717) is 86.7 Å². The Hall–Kier alpha value is -3.00. The lowest BCUT2D eigenvalue weighted by atomic mass is 9.33. The second kappa shape index (κ2) is 17.0. The van der Waals surface area contributed by atoms with Crippen LogP contribution in [-0.2, 0) is 19.4 Å². The number of fused-ring (bicyclic) bond motifs is 7. The summed E-state index contributed by atoms with van der Waals surface area (Å²) in [5.74, 6) is 2.82. The van der Waals surface area contributed by atoms with Gasteiger partial charge in [0.25, 0.3) is 0 Å². The van der Waals surface area contributed by atoms with Gasteiger partial charge in [-0.15, -0.1) is 0 Å². The molecule has 1 aromatic rings. The van der Waals surface area contributed by atoms with Gasteiger partial charge in [0.2, 0.25) is 5.88 Å². The number of sulfone groups is 1. The second-order valence-electron chi connectivity index (χ2n) is 23.5. The van der Waals surface area contributed by atoms with Crippen LogP contribution in [0.3, 0.4) is 0 Å². The summed E-state index contributed by atoms with van der Waals surface area (Å²) in [7, 11) is -3.08. The molecule has 0 saturated heterocycles. The minimum Gasteiger partial charge on any atom is -0.475 e. The van der Waals surface area contributed by atoms with Gasteiger partial charge in [-0.05, 0) is 204 Å². The van der Waals surface area contributed by atoms with E-state index in [1.807, 2.05) is 6.92 Å². The predicted molar refractivity (Wildman–Crippen MR) is 253 cm³/mol. The molecular formula is C54H79N3O6S. The van der Waals surface area contributed by atoms with Crippen molar-refractivity contribution in [2.24, 2.45) is 56.7 Å². The smallest absolute Gasteiger partial charge is 0.315 e. The molecule has 1 aromatic heterocycles. The minimum atomic E-state index is -3.08. The van der Waals surface area contributed by atoms with E-state index in [0.717, 1.165) is 32.2 Å². The van der Waals surface area contributed by atoms with Crippen molar-refractivity contribution in [1.82, 2.24) is 10.3 Å². The lowest BCUT2D eigenvalue weighted by Gasteiger charge is -2.72. The van der Waals surface area contributed by atoms with Crippen LogP contribution in [0.1, 0.15) is 163 Å². The van der Waals surface area contributed by atoms with Gasteiger partial charge in [0, 0.05) is 18.0 Å². The lowest BCUT2D eigenvalue weighted by molar-refractivity contribution is -0.221. The van der Waals surface area contributed by atoms with Gasteiger partial charge in [0.05, 0.1) is 17.5 Å². The van der Waals surface area contributed by atoms with Gasteiger partial charge in [-0.25, -0.2) is 13.4 Å². The number of ether oxygens (including phenoxy) is 2. The highest BCUT2D eigenvalue weighted by Crippen LogP contribution is 2.76. The fourth-order valence-corrected chi connectivity index (χ4v) is 17.6. The molecule has 64 heavy (non-hydrogen) atoms. The number of carbonyl (C=O) groups is 1. The molecule has 7 aliphatic rings. The summed E-state index contributed by atoms with van der Waals surface area (Å²) in [6, 6.07) is 5.56. The summed E-state index contributed by atoms with van der Waals surface area (Å²) in [6.07, 6.45) is 23.5. The molecule has 5 fully saturated rings.